The first-order valence-electron chi connectivity index (χ1n) is 6.76. The second-order valence-electron chi connectivity index (χ2n) is 4.80. The van der Waals surface area contributed by atoms with E-state index in [-0.39, 0.29) is 0 Å². The number of hydrogen-bond acceptors (Lipinski definition) is 3. The van der Waals surface area contributed by atoms with E-state index in [4.69, 9.17) is 0 Å². The van der Waals surface area contributed by atoms with Crippen LogP contribution in [0.25, 0.3) is 21.8 Å². The lowest BCUT2D eigenvalue weighted by Crippen LogP contribution is -1.85. The van der Waals surface area contributed by atoms with Crippen LogP contribution in [0, 0.1) is 0 Å². The molecule has 0 atom stereocenters. The molecule has 21 heavy (non-hydrogen) atoms. The number of hydrogen-bond donors (Lipinski definition) is 0. The predicted molar refractivity (Wildman–Crippen MR) is 87.6 cm³/mol. The number of pyridine rings is 2. The summed E-state index contributed by atoms with van der Waals surface area (Å²) in [4.78, 5) is 11.4. The van der Waals surface area contributed by atoms with Crippen LogP contribution < -0.4 is 0 Å². The molecule has 0 aliphatic carbocycles. The minimum absolute atomic E-state index is 0.963. The Hall–Kier alpha value is -2.39. The van der Waals surface area contributed by atoms with Crippen LogP contribution in [0.5, 0.6) is 0 Å². The van der Waals surface area contributed by atoms with Gasteiger partial charge in [0, 0.05) is 33.0 Å². The molecule has 0 N–H and O–H groups in total. The molecule has 3 heteroatoms. The molecule has 2 aromatic carbocycles. The average molecular weight is 288 g/mol. The molecule has 4 aromatic rings. The third-order valence-corrected chi connectivity index (χ3v) is 4.34. The molecule has 2 nitrogen and oxygen atoms in total. The van der Waals surface area contributed by atoms with Gasteiger partial charge in [0.15, 0.2) is 0 Å². The van der Waals surface area contributed by atoms with E-state index in [2.05, 4.69) is 46.4 Å². The van der Waals surface area contributed by atoms with Crippen molar-refractivity contribution in [3.05, 3.63) is 73.1 Å². The molecule has 0 amide bonds. The smallest absolute Gasteiger partial charge is 0.0965 e. The van der Waals surface area contributed by atoms with Crippen molar-refractivity contribution in [1.82, 2.24) is 9.97 Å². The van der Waals surface area contributed by atoms with E-state index in [1.807, 2.05) is 36.7 Å². The maximum Gasteiger partial charge on any atom is 0.0965 e. The number of aromatic nitrogens is 2. The van der Waals surface area contributed by atoms with Crippen molar-refractivity contribution in [2.75, 3.05) is 0 Å². The third kappa shape index (κ3) is 2.36. The Kier molecular flexibility index (Phi) is 3.05. The SMILES string of the molecule is c1ccc(Sc2cnc3c(ccc4cccnc43)c2)cc1. The van der Waals surface area contributed by atoms with Crippen LogP contribution in [0.2, 0.25) is 0 Å². The molecule has 100 valence electrons. The van der Waals surface area contributed by atoms with Crippen molar-refractivity contribution >= 4 is 33.6 Å². The average Bonchev–Trinajstić information content (AvgIpc) is 2.55. The lowest BCUT2D eigenvalue weighted by atomic mass is 10.1. The van der Waals surface area contributed by atoms with Crippen molar-refractivity contribution in [1.29, 1.82) is 0 Å². The van der Waals surface area contributed by atoms with Gasteiger partial charge < -0.3 is 0 Å². The topological polar surface area (TPSA) is 25.8 Å². The molecule has 0 saturated heterocycles. The van der Waals surface area contributed by atoms with E-state index in [0.29, 0.717) is 0 Å². The lowest BCUT2D eigenvalue weighted by molar-refractivity contribution is 1.29. The molecule has 0 fully saturated rings. The maximum absolute atomic E-state index is 4.62. The molecule has 0 unspecified atom stereocenters. The number of benzene rings is 2. The third-order valence-electron chi connectivity index (χ3n) is 3.38. The summed E-state index contributed by atoms with van der Waals surface area (Å²) in [6.45, 7) is 0. The molecule has 2 heterocycles. The van der Waals surface area contributed by atoms with Gasteiger partial charge in [-0.2, -0.15) is 0 Å². The van der Waals surface area contributed by atoms with Gasteiger partial charge in [-0.15, -0.1) is 0 Å². The standard InChI is InChI=1S/C18H12N2S/c1-2-6-15(7-3-1)21-16-11-14-9-8-13-5-4-10-19-17(13)18(14)20-12-16/h1-12H. The van der Waals surface area contributed by atoms with Gasteiger partial charge >= 0.3 is 0 Å². The van der Waals surface area contributed by atoms with Crippen LogP contribution in [0.1, 0.15) is 0 Å². The summed E-state index contributed by atoms with van der Waals surface area (Å²) >= 11 is 1.72. The molecular weight excluding hydrogens is 276 g/mol. The van der Waals surface area contributed by atoms with Gasteiger partial charge in [0.25, 0.3) is 0 Å². The van der Waals surface area contributed by atoms with Crippen molar-refractivity contribution < 1.29 is 0 Å². The van der Waals surface area contributed by atoms with Crippen LogP contribution in [-0.4, -0.2) is 9.97 Å². The summed E-state index contributed by atoms with van der Waals surface area (Å²) in [6, 6.07) is 20.7. The van der Waals surface area contributed by atoms with E-state index in [0.717, 1.165) is 26.7 Å². The maximum atomic E-state index is 4.62. The quantitative estimate of drug-likeness (QED) is 0.489. The molecule has 0 spiro atoms. The largest absolute Gasteiger partial charge is 0.254 e. The lowest BCUT2D eigenvalue weighted by Gasteiger charge is -2.05. The Balaban J connectivity index is 1.82. The fourth-order valence-electron chi connectivity index (χ4n) is 2.40. The van der Waals surface area contributed by atoms with Gasteiger partial charge in [-0.25, -0.2) is 0 Å². The van der Waals surface area contributed by atoms with E-state index < -0.39 is 0 Å². The molecule has 0 aliphatic heterocycles. The molecular formula is C18H12N2S. The van der Waals surface area contributed by atoms with Gasteiger partial charge in [-0.05, 0) is 24.3 Å². The van der Waals surface area contributed by atoms with Gasteiger partial charge in [-0.1, -0.05) is 48.2 Å². The Morgan fingerprint density at radius 2 is 1.48 bits per heavy atom. The monoisotopic (exact) mass is 288 g/mol. The minimum atomic E-state index is 0.963. The molecule has 2 aromatic heterocycles. The van der Waals surface area contributed by atoms with Crippen LogP contribution in [0.15, 0.2) is 82.8 Å². The molecule has 0 radical (unpaired) electrons. The first kappa shape index (κ1) is 12.4. The van der Waals surface area contributed by atoms with E-state index in [9.17, 15) is 0 Å². The minimum Gasteiger partial charge on any atom is -0.254 e. The van der Waals surface area contributed by atoms with Gasteiger partial charge in [0.1, 0.15) is 0 Å². The Morgan fingerprint density at radius 3 is 2.38 bits per heavy atom. The molecule has 0 bridgehead atoms. The summed E-state index contributed by atoms with van der Waals surface area (Å²) in [5.74, 6) is 0. The zero-order valence-corrected chi connectivity index (χ0v) is 12.0. The van der Waals surface area contributed by atoms with Gasteiger partial charge in [0.2, 0.25) is 0 Å². The molecule has 0 aliphatic rings. The number of fused-ring (bicyclic) bond motifs is 3. The molecule has 4 rings (SSSR count). The van der Waals surface area contributed by atoms with Crippen LogP contribution in [0.3, 0.4) is 0 Å². The summed E-state index contributed by atoms with van der Waals surface area (Å²) < 4.78 is 0. The summed E-state index contributed by atoms with van der Waals surface area (Å²) in [5, 5.41) is 2.25. The second-order valence-corrected chi connectivity index (χ2v) is 5.95. The van der Waals surface area contributed by atoms with E-state index in [1.165, 1.54) is 4.90 Å². The van der Waals surface area contributed by atoms with Gasteiger partial charge in [-0.3, -0.25) is 9.97 Å². The van der Waals surface area contributed by atoms with Gasteiger partial charge in [0.05, 0.1) is 11.0 Å². The Morgan fingerprint density at radius 1 is 0.667 bits per heavy atom. The first-order chi connectivity index (χ1) is 10.4. The highest BCUT2D eigenvalue weighted by Gasteiger charge is 2.04. The fourth-order valence-corrected chi connectivity index (χ4v) is 3.25. The van der Waals surface area contributed by atoms with Crippen LogP contribution >= 0.6 is 11.8 Å². The van der Waals surface area contributed by atoms with Crippen molar-refractivity contribution in [2.24, 2.45) is 0 Å². The molecule has 0 saturated carbocycles. The second kappa shape index (κ2) is 5.19. The predicted octanol–water partition coefficient (Wildman–Crippen LogP) is 4.93. The number of nitrogens with zero attached hydrogens (tertiary/aromatic N) is 2. The van der Waals surface area contributed by atoms with Crippen molar-refractivity contribution in [2.45, 2.75) is 9.79 Å². The van der Waals surface area contributed by atoms with Crippen molar-refractivity contribution in [3.63, 3.8) is 0 Å². The fraction of sp³-hybridized carbons (Fsp3) is 0. The van der Waals surface area contributed by atoms with Crippen LogP contribution in [-0.2, 0) is 0 Å². The highest BCUT2D eigenvalue weighted by molar-refractivity contribution is 7.99. The highest BCUT2D eigenvalue weighted by Crippen LogP contribution is 2.30. The van der Waals surface area contributed by atoms with Crippen LogP contribution in [0.4, 0.5) is 0 Å². The zero-order valence-electron chi connectivity index (χ0n) is 11.2. The summed E-state index contributed by atoms with van der Waals surface area (Å²) in [5.41, 5.74) is 1.93. The first-order valence-corrected chi connectivity index (χ1v) is 7.58. The normalized spacial score (nSPS) is 11.0. The van der Waals surface area contributed by atoms with Crippen molar-refractivity contribution in [3.8, 4) is 0 Å². The number of rotatable bonds is 2. The highest BCUT2D eigenvalue weighted by atomic mass is 32.2. The Bertz CT molecular complexity index is 920. The van der Waals surface area contributed by atoms with E-state index in [1.54, 1.807) is 11.8 Å². The summed E-state index contributed by atoms with van der Waals surface area (Å²) in [6.07, 6.45) is 3.74. The summed E-state index contributed by atoms with van der Waals surface area (Å²) in [7, 11) is 0. The Labute approximate surface area is 126 Å². The van der Waals surface area contributed by atoms with E-state index >= 15 is 0 Å². The zero-order chi connectivity index (χ0) is 14.1.